The monoisotopic (exact) mass is 520 g/mol. The normalized spacial score (nSPS) is 21.8. The third-order valence-electron chi connectivity index (χ3n) is 8.06. The van der Waals surface area contributed by atoms with Crippen molar-refractivity contribution in [2.75, 3.05) is 0 Å². The van der Waals surface area contributed by atoms with Gasteiger partial charge in [0.25, 0.3) is 0 Å². The van der Waals surface area contributed by atoms with Crippen molar-refractivity contribution in [3.8, 4) is 28.4 Å². The summed E-state index contributed by atoms with van der Waals surface area (Å²) in [6.07, 6.45) is 4.94. The maximum absolute atomic E-state index is 13.1. The maximum atomic E-state index is 13.1. The number of hydrogen-bond acceptors (Lipinski definition) is 8. The van der Waals surface area contributed by atoms with E-state index >= 15 is 0 Å². The highest BCUT2D eigenvalue weighted by Crippen LogP contribution is 2.53. The van der Waals surface area contributed by atoms with E-state index in [1.807, 2.05) is 6.92 Å². The summed E-state index contributed by atoms with van der Waals surface area (Å²) in [4.78, 5) is 26.0. The van der Waals surface area contributed by atoms with Crippen molar-refractivity contribution in [1.29, 1.82) is 0 Å². The second-order valence-corrected chi connectivity index (χ2v) is 10.4. The van der Waals surface area contributed by atoms with Crippen LogP contribution in [0, 0.1) is 5.92 Å². The van der Waals surface area contributed by atoms with E-state index in [1.165, 1.54) is 12.1 Å². The van der Waals surface area contributed by atoms with Crippen LogP contribution in [0.25, 0.3) is 22.1 Å². The molecule has 2 aliphatic rings. The number of phenols is 2. The van der Waals surface area contributed by atoms with Crippen molar-refractivity contribution in [2.24, 2.45) is 5.92 Å². The number of fused-ring (bicyclic) bond motifs is 2. The summed E-state index contributed by atoms with van der Waals surface area (Å²) in [5.74, 6) is -0.343. The fraction of sp³-hybridized carbons (Fsp3) is 0.400. The number of esters is 1. The van der Waals surface area contributed by atoms with Gasteiger partial charge in [-0.25, -0.2) is 4.79 Å². The number of carbonyl (C=O) groups is 1. The zero-order chi connectivity index (χ0) is 27.2. The Balaban J connectivity index is 1.80. The van der Waals surface area contributed by atoms with E-state index in [4.69, 9.17) is 13.9 Å². The average Bonchev–Trinajstić information content (AvgIpc) is 3.45. The number of ether oxygens (including phenoxy) is 2. The SMILES string of the molecule is C/C=C(/C)C(=O)O[C@@H]1Cc2c(c(-c3cccc(O)c3)c3oc(CO)cc(=O)c3c2O)O[C@@]1(C)C1CCCC1. The Labute approximate surface area is 220 Å². The number of allylic oxidation sites excluding steroid dienone is 1. The van der Waals surface area contributed by atoms with Gasteiger partial charge in [0.2, 0.25) is 0 Å². The highest BCUT2D eigenvalue weighted by atomic mass is 16.6. The fourth-order valence-corrected chi connectivity index (χ4v) is 5.78. The van der Waals surface area contributed by atoms with Gasteiger partial charge in [0.15, 0.2) is 11.0 Å². The summed E-state index contributed by atoms with van der Waals surface area (Å²) in [5.41, 5.74) is 0.287. The zero-order valence-corrected chi connectivity index (χ0v) is 21.7. The highest BCUT2D eigenvalue weighted by molar-refractivity contribution is 6.01. The Hall–Kier alpha value is -3.78. The van der Waals surface area contributed by atoms with Crippen molar-refractivity contribution >= 4 is 16.9 Å². The van der Waals surface area contributed by atoms with E-state index in [0.717, 1.165) is 31.7 Å². The van der Waals surface area contributed by atoms with Crippen LogP contribution in [0.15, 0.2) is 51.2 Å². The molecule has 3 aromatic rings. The molecule has 8 heteroatoms. The molecule has 0 amide bonds. The smallest absolute Gasteiger partial charge is 0.333 e. The van der Waals surface area contributed by atoms with E-state index in [2.05, 4.69) is 0 Å². The number of aliphatic hydroxyl groups excluding tert-OH is 1. The van der Waals surface area contributed by atoms with E-state index < -0.39 is 29.7 Å². The number of benzene rings is 2. The van der Waals surface area contributed by atoms with Crippen molar-refractivity contribution in [3.63, 3.8) is 0 Å². The predicted molar refractivity (Wildman–Crippen MR) is 141 cm³/mol. The molecule has 0 spiro atoms. The first kappa shape index (κ1) is 25.9. The molecule has 1 aliphatic heterocycles. The summed E-state index contributed by atoms with van der Waals surface area (Å²) in [6.45, 7) is 4.87. The van der Waals surface area contributed by atoms with Crippen LogP contribution >= 0.6 is 0 Å². The van der Waals surface area contributed by atoms with Gasteiger partial charge in [-0.1, -0.05) is 31.1 Å². The van der Waals surface area contributed by atoms with Gasteiger partial charge >= 0.3 is 5.97 Å². The molecule has 2 atom stereocenters. The lowest BCUT2D eigenvalue weighted by Gasteiger charge is -2.46. The number of phenolic OH excluding ortho intramolecular Hbond substituents is 2. The lowest BCUT2D eigenvalue weighted by molar-refractivity contribution is -0.164. The van der Waals surface area contributed by atoms with Gasteiger partial charge in [0.1, 0.15) is 46.7 Å². The Morgan fingerprint density at radius 2 is 1.95 bits per heavy atom. The molecule has 0 bridgehead atoms. The van der Waals surface area contributed by atoms with E-state index in [-0.39, 0.29) is 40.6 Å². The van der Waals surface area contributed by atoms with Crippen LogP contribution in [-0.2, 0) is 22.6 Å². The van der Waals surface area contributed by atoms with E-state index in [1.54, 1.807) is 32.1 Å². The molecular formula is C30H32O8. The lowest BCUT2D eigenvalue weighted by Crippen LogP contribution is -2.55. The standard InChI is InChI=1S/C30H32O8/c1-4-16(2)29(35)37-23-14-21-26(34)25-22(33)13-20(15-31)36-28(25)24(17-8-7-11-19(32)12-17)27(21)38-30(23,3)18-9-5-6-10-18/h4,7-8,11-13,18,23,31-32,34H,5-6,9-10,14-15H2,1-3H3/b16-4-/t23-,30+/m1/s1. The number of aromatic hydroxyl groups is 2. The topological polar surface area (TPSA) is 126 Å². The molecule has 0 saturated heterocycles. The number of hydrogen-bond donors (Lipinski definition) is 3. The van der Waals surface area contributed by atoms with Crippen LogP contribution in [0.3, 0.4) is 0 Å². The molecule has 0 radical (unpaired) electrons. The quantitative estimate of drug-likeness (QED) is 0.312. The molecule has 2 aromatic carbocycles. The predicted octanol–water partition coefficient (Wildman–Crippen LogP) is 5.13. The minimum absolute atomic E-state index is 0.00105. The molecule has 3 N–H and O–H groups in total. The summed E-state index contributed by atoms with van der Waals surface area (Å²) in [6, 6.07) is 7.59. The van der Waals surface area contributed by atoms with Crippen LogP contribution in [-0.4, -0.2) is 33.0 Å². The minimum atomic E-state index is -0.923. The second kappa shape index (κ2) is 9.83. The first-order valence-corrected chi connectivity index (χ1v) is 13.0. The fourth-order valence-electron chi connectivity index (χ4n) is 5.78. The third kappa shape index (κ3) is 4.22. The molecule has 2 heterocycles. The minimum Gasteiger partial charge on any atom is -0.508 e. The average molecular weight is 521 g/mol. The Bertz CT molecular complexity index is 1490. The Morgan fingerprint density at radius 3 is 2.61 bits per heavy atom. The first-order chi connectivity index (χ1) is 18.2. The van der Waals surface area contributed by atoms with Gasteiger partial charge in [-0.05, 0) is 51.3 Å². The highest BCUT2D eigenvalue weighted by Gasteiger charge is 2.51. The van der Waals surface area contributed by atoms with Gasteiger partial charge in [-0.2, -0.15) is 0 Å². The molecule has 200 valence electrons. The van der Waals surface area contributed by atoms with Gasteiger partial charge < -0.3 is 29.2 Å². The summed E-state index contributed by atoms with van der Waals surface area (Å²) >= 11 is 0. The van der Waals surface area contributed by atoms with Crippen LogP contribution in [0.4, 0.5) is 0 Å². The molecule has 1 fully saturated rings. The number of aliphatic hydroxyl groups is 1. The first-order valence-electron chi connectivity index (χ1n) is 13.0. The van der Waals surface area contributed by atoms with E-state index in [0.29, 0.717) is 28.0 Å². The van der Waals surface area contributed by atoms with Crippen LogP contribution in [0.2, 0.25) is 0 Å². The molecule has 1 saturated carbocycles. The number of carbonyl (C=O) groups excluding carboxylic acids is 1. The summed E-state index contributed by atoms with van der Waals surface area (Å²) < 4.78 is 18.7. The second-order valence-electron chi connectivity index (χ2n) is 10.4. The Kier molecular flexibility index (Phi) is 6.69. The van der Waals surface area contributed by atoms with Crippen LogP contribution in [0.5, 0.6) is 17.2 Å². The lowest BCUT2D eigenvalue weighted by atomic mass is 9.77. The third-order valence-corrected chi connectivity index (χ3v) is 8.06. The van der Waals surface area contributed by atoms with Crippen molar-refractivity contribution in [2.45, 2.75) is 71.2 Å². The molecule has 1 aliphatic carbocycles. The molecule has 5 rings (SSSR count). The molecule has 1 aromatic heterocycles. The van der Waals surface area contributed by atoms with Gasteiger partial charge in [0.05, 0.1) is 5.56 Å². The van der Waals surface area contributed by atoms with Gasteiger partial charge in [-0.3, -0.25) is 4.79 Å². The largest absolute Gasteiger partial charge is 0.508 e. The van der Waals surface area contributed by atoms with E-state index in [9.17, 15) is 24.9 Å². The molecule has 0 unspecified atom stereocenters. The van der Waals surface area contributed by atoms with Crippen LogP contribution < -0.4 is 10.2 Å². The molecule has 8 nitrogen and oxygen atoms in total. The maximum Gasteiger partial charge on any atom is 0.333 e. The zero-order valence-electron chi connectivity index (χ0n) is 21.7. The van der Waals surface area contributed by atoms with Crippen molar-refractivity contribution in [3.05, 3.63) is 63.5 Å². The Morgan fingerprint density at radius 1 is 1.21 bits per heavy atom. The van der Waals surface area contributed by atoms with Gasteiger partial charge in [-0.15, -0.1) is 0 Å². The summed E-state index contributed by atoms with van der Waals surface area (Å²) in [7, 11) is 0. The molecule has 38 heavy (non-hydrogen) atoms. The van der Waals surface area contributed by atoms with Crippen molar-refractivity contribution < 1.29 is 34.0 Å². The number of rotatable bonds is 5. The van der Waals surface area contributed by atoms with Crippen molar-refractivity contribution in [1.82, 2.24) is 0 Å². The molecular weight excluding hydrogens is 488 g/mol. The summed E-state index contributed by atoms with van der Waals surface area (Å²) in [5, 5.41) is 31.3. The van der Waals surface area contributed by atoms with Gasteiger partial charge in [0, 0.05) is 29.5 Å². The van der Waals surface area contributed by atoms with Crippen LogP contribution in [0.1, 0.15) is 57.8 Å².